The molecule has 0 spiro atoms. The van der Waals surface area contributed by atoms with Crippen molar-refractivity contribution in [3.05, 3.63) is 53.7 Å². The van der Waals surface area contributed by atoms with Crippen molar-refractivity contribution in [1.29, 1.82) is 0 Å². The number of ether oxygens (including phenoxy) is 1. The predicted octanol–water partition coefficient (Wildman–Crippen LogP) is 2.69. The molecule has 30 heavy (non-hydrogen) atoms. The number of piperazine rings is 1. The lowest BCUT2D eigenvalue weighted by atomic mass is 10.2. The number of rotatable bonds is 6. The first-order valence-corrected chi connectivity index (χ1v) is 9.77. The SMILES string of the molecule is CCOC(=O)c1ccc(N2CCN(C(C)C(=O)Nc3cc(F)ccc3F)CC2)nc1. The van der Waals surface area contributed by atoms with Crippen LogP contribution in [0.3, 0.4) is 0 Å². The quantitative estimate of drug-likeness (QED) is 0.727. The molecule has 1 saturated heterocycles. The van der Waals surface area contributed by atoms with Crippen molar-refractivity contribution in [3.63, 3.8) is 0 Å². The largest absolute Gasteiger partial charge is 0.462 e. The van der Waals surface area contributed by atoms with Crippen molar-refractivity contribution in [1.82, 2.24) is 9.88 Å². The molecular formula is C21H24F2N4O3. The normalized spacial score (nSPS) is 15.5. The van der Waals surface area contributed by atoms with Crippen LogP contribution in [0.2, 0.25) is 0 Å². The third kappa shape index (κ3) is 5.10. The van der Waals surface area contributed by atoms with E-state index in [4.69, 9.17) is 4.74 Å². The van der Waals surface area contributed by atoms with Gasteiger partial charge in [-0.2, -0.15) is 0 Å². The van der Waals surface area contributed by atoms with E-state index < -0.39 is 29.6 Å². The summed E-state index contributed by atoms with van der Waals surface area (Å²) in [5.41, 5.74) is 0.227. The molecule has 0 saturated carbocycles. The van der Waals surface area contributed by atoms with E-state index in [0.29, 0.717) is 38.3 Å². The third-order valence-electron chi connectivity index (χ3n) is 5.01. The zero-order valence-electron chi connectivity index (χ0n) is 16.9. The molecule has 1 aromatic heterocycles. The van der Waals surface area contributed by atoms with Crippen molar-refractivity contribution < 1.29 is 23.1 Å². The van der Waals surface area contributed by atoms with Gasteiger partial charge in [0, 0.05) is 38.4 Å². The Labute approximate surface area is 173 Å². The molecule has 1 atom stereocenters. The van der Waals surface area contributed by atoms with Gasteiger partial charge in [0.1, 0.15) is 17.5 Å². The number of hydrogen-bond acceptors (Lipinski definition) is 6. The fourth-order valence-electron chi connectivity index (χ4n) is 3.24. The van der Waals surface area contributed by atoms with Crippen molar-refractivity contribution >= 4 is 23.4 Å². The van der Waals surface area contributed by atoms with Crippen LogP contribution in [0.15, 0.2) is 36.5 Å². The summed E-state index contributed by atoms with van der Waals surface area (Å²) >= 11 is 0. The summed E-state index contributed by atoms with van der Waals surface area (Å²) in [5.74, 6) is -1.36. The van der Waals surface area contributed by atoms with Gasteiger partial charge in [0.05, 0.1) is 23.9 Å². The lowest BCUT2D eigenvalue weighted by Gasteiger charge is -2.38. The Bertz CT molecular complexity index is 900. The van der Waals surface area contributed by atoms with E-state index in [1.807, 2.05) is 4.90 Å². The van der Waals surface area contributed by atoms with Crippen molar-refractivity contribution in [2.45, 2.75) is 19.9 Å². The van der Waals surface area contributed by atoms with Crippen molar-refractivity contribution in [2.24, 2.45) is 0 Å². The molecule has 1 amide bonds. The Morgan fingerprint density at radius 3 is 2.53 bits per heavy atom. The first-order chi connectivity index (χ1) is 14.4. The second-order valence-corrected chi connectivity index (χ2v) is 6.94. The lowest BCUT2D eigenvalue weighted by molar-refractivity contribution is -0.120. The molecule has 1 aliphatic rings. The molecule has 2 aromatic rings. The zero-order chi connectivity index (χ0) is 21.7. The molecule has 9 heteroatoms. The number of hydrogen-bond donors (Lipinski definition) is 1. The molecule has 1 unspecified atom stereocenters. The molecule has 1 N–H and O–H groups in total. The van der Waals surface area contributed by atoms with Gasteiger partial charge >= 0.3 is 5.97 Å². The maximum Gasteiger partial charge on any atom is 0.339 e. The number of pyridine rings is 1. The molecule has 1 aliphatic heterocycles. The number of halogens is 2. The standard InChI is InChI=1S/C21H24F2N4O3/c1-3-30-21(29)15-4-7-19(24-13-15)27-10-8-26(9-11-27)14(2)20(28)25-18-12-16(22)5-6-17(18)23/h4-7,12-14H,3,8-11H2,1-2H3,(H,25,28). The van der Waals surface area contributed by atoms with Gasteiger partial charge in [0.25, 0.3) is 0 Å². The van der Waals surface area contributed by atoms with Crippen LogP contribution in [0.4, 0.5) is 20.3 Å². The summed E-state index contributed by atoms with van der Waals surface area (Å²) in [6.07, 6.45) is 1.49. The molecule has 3 rings (SSSR count). The van der Waals surface area contributed by atoms with E-state index in [0.717, 1.165) is 24.0 Å². The summed E-state index contributed by atoms with van der Waals surface area (Å²) in [4.78, 5) is 32.6. The summed E-state index contributed by atoms with van der Waals surface area (Å²) < 4.78 is 32.0. The Morgan fingerprint density at radius 2 is 1.90 bits per heavy atom. The maximum atomic E-state index is 13.8. The number of aromatic nitrogens is 1. The number of carbonyl (C=O) groups is 2. The van der Waals surface area contributed by atoms with Crippen LogP contribution in [0.25, 0.3) is 0 Å². The van der Waals surface area contributed by atoms with Crippen LogP contribution in [-0.4, -0.2) is 60.6 Å². The average molecular weight is 418 g/mol. The number of amides is 1. The lowest BCUT2D eigenvalue weighted by Crippen LogP contribution is -2.53. The first kappa shape index (κ1) is 21.6. The van der Waals surface area contributed by atoms with Crippen molar-refractivity contribution in [2.75, 3.05) is 43.0 Å². The molecule has 160 valence electrons. The van der Waals surface area contributed by atoms with Gasteiger partial charge in [-0.25, -0.2) is 18.6 Å². The minimum atomic E-state index is -0.681. The highest BCUT2D eigenvalue weighted by atomic mass is 19.1. The van der Waals surface area contributed by atoms with Gasteiger partial charge in [0.15, 0.2) is 0 Å². The molecule has 2 heterocycles. The number of esters is 1. The number of nitrogens with zero attached hydrogens (tertiary/aromatic N) is 3. The number of nitrogens with one attached hydrogen (secondary N) is 1. The second kappa shape index (κ2) is 9.62. The van der Waals surface area contributed by atoms with Gasteiger partial charge < -0.3 is 15.0 Å². The van der Waals surface area contributed by atoms with Gasteiger partial charge in [0.2, 0.25) is 5.91 Å². The fourth-order valence-corrected chi connectivity index (χ4v) is 3.24. The summed E-state index contributed by atoms with van der Waals surface area (Å²) in [7, 11) is 0. The van der Waals surface area contributed by atoms with Crippen LogP contribution in [-0.2, 0) is 9.53 Å². The highest BCUT2D eigenvalue weighted by Crippen LogP contribution is 2.18. The molecular weight excluding hydrogens is 394 g/mol. The van der Waals surface area contributed by atoms with E-state index in [2.05, 4.69) is 15.2 Å². The number of carbonyl (C=O) groups excluding carboxylic acids is 2. The van der Waals surface area contributed by atoms with Crippen LogP contribution in [0.5, 0.6) is 0 Å². The maximum absolute atomic E-state index is 13.8. The molecule has 1 fully saturated rings. The van der Waals surface area contributed by atoms with Gasteiger partial charge in [-0.05, 0) is 38.1 Å². The average Bonchev–Trinajstić information content (AvgIpc) is 2.76. The molecule has 7 nitrogen and oxygen atoms in total. The monoisotopic (exact) mass is 418 g/mol. The Balaban J connectivity index is 1.55. The minimum Gasteiger partial charge on any atom is -0.462 e. The second-order valence-electron chi connectivity index (χ2n) is 6.94. The minimum absolute atomic E-state index is 0.170. The van der Waals surface area contributed by atoms with E-state index in [1.165, 1.54) is 6.20 Å². The Kier molecular flexibility index (Phi) is 6.94. The third-order valence-corrected chi connectivity index (χ3v) is 5.01. The van der Waals surface area contributed by atoms with Crippen molar-refractivity contribution in [3.8, 4) is 0 Å². The van der Waals surface area contributed by atoms with Crippen LogP contribution < -0.4 is 10.2 Å². The highest BCUT2D eigenvalue weighted by Gasteiger charge is 2.26. The zero-order valence-corrected chi connectivity index (χ0v) is 16.9. The first-order valence-electron chi connectivity index (χ1n) is 9.77. The fraction of sp³-hybridized carbons (Fsp3) is 0.381. The Hall–Kier alpha value is -3.07. The van der Waals surface area contributed by atoms with Crippen LogP contribution in [0.1, 0.15) is 24.2 Å². The molecule has 0 bridgehead atoms. The summed E-state index contributed by atoms with van der Waals surface area (Å²) in [6, 6.07) is 5.88. The molecule has 0 aliphatic carbocycles. The van der Waals surface area contributed by atoms with E-state index in [9.17, 15) is 18.4 Å². The predicted molar refractivity (Wildman–Crippen MR) is 108 cm³/mol. The molecule has 1 aromatic carbocycles. The van der Waals surface area contributed by atoms with Crippen LogP contribution in [0, 0.1) is 11.6 Å². The summed E-state index contributed by atoms with van der Waals surface area (Å²) in [5, 5.41) is 2.45. The van der Waals surface area contributed by atoms with Crippen LogP contribution >= 0.6 is 0 Å². The Morgan fingerprint density at radius 1 is 1.17 bits per heavy atom. The van der Waals surface area contributed by atoms with E-state index in [1.54, 1.807) is 26.0 Å². The number of benzene rings is 1. The number of anilines is 2. The summed E-state index contributed by atoms with van der Waals surface area (Å²) in [6.45, 7) is 6.25. The topological polar surface area (TPSA) is 74.8 Å². The van der Waals surface area contributed by atoms with E-state index in [-0.39, 0.29) is 5.69 Å². The smallest absolute Gasteiger partial charge is 0.339 e. The van der Waals surface area contributed by atoms with Gasteiger partial charge in [-0.1, -0.05) is 0 Å². The highest BCUT2D eigenvalue weighted by molar-refractivity contribution is 5.94. The van der Waals surface area contributed by atoms with Gasteiger partial charge in [-0.3, -0.25) is 9.69 Å². The molecule has 0 radical (unpaired) electrons. The van der Waals surface area contributed by atoms with Gasteiger partial charge in [-0.15, -0.1) is 0 Å². The van der Waals surface area contributed by atoms with E-state index >= 15 is 0 Å².